The fourth-order valence-electron chi connectivity index (χ4n) is 13.5. The third-order valence-corrected chi connectivity index (χ3v) is 29.8. The van der Waals surface area contributed by atoms with E-state index in [1.165, 1.54) is 82.9 Å². The predicted octanol–water partition coefficient (Wildman–Crippen LogP) is 21.1. The summed E-state index contributed by atoms with van der Waals surface area (Å²) in [5, 5.41) is 0. The van der Waals surface area contributed by atoms with Gasteiger partial charge in [0.05, 0.1) is 52.1 Å². The molecule has 8 unspecified atom stereocenters. The lowest BCUT2D eigenvalue weighted by molar-refractivity contribution is -0.149. The van der Waals surface area contributed by atoms with Crippen molar-refractivity contribution in [1.82, 2.24) is 0 Å². The molecular formula is C74H72O8S10. The minimum atomic E-state index is -0.204. The summed E-state index contributed by atoms with van der Waals surface area (Å²) in [6.07, 6.45) is 12.1. The number of thiophene rings is 10. The van der Waals surface area contributed by atoms with Crippen molar-refractivity contribution in [2.24, 2.45) is 47.3 Å². The second kappa shape index (κ2) is 28.4. The number of aryl methyl sites for hydroxylation is 8. The van der Waals surface area contributed by atoms with Crippen molar-refractivity contribution in [2.45, 2.75) is 93.9 Å². The van der Waals surface area contributed by atoms with Crippen molar-refractivity contribution < 1.29 is 38.1 Å². The summed E-state index contributed by atoms with van der Waals surface area (Å²) in [6.45, 7) is 18.3. The normalized spacial score (nSPS) is 20.1. The van der Waals surface area contributed by atoms with Crippen LogP contribution in [0.15, 0.2) is 121 Å². The minimum Gasteiger partial charge on any atom is -0.465 e. The first-order valence-corrected chi connectivity index (χ1v) is 39.4. The molecule has 10 aromatic rings. The first-order valence-electron chi connectivity index (χ1n) is 31.2. The van der Waals surface area contributed by atoms with E-state index in [2.05, 4.69) is 177 Å². The van der Waals surface area contributed by atoms with Crippen LogP contribution >= 0.6 is 113 Å². The standard InChI is InChI=1S/C41H38O4S6.C33H34O4S4/c1-22-5-11-32(46-22)36-16-28(40(50-36)34-13-7-24(3)48-34)18-38(42)44-20-30-26-9-10-27(15-26)31(30)21-45-39(43)19-29-17-37(33-12-6-23(2)47-33)51-41(29)35-14-8-25(4)49-35;1-18-5-9-28(38-18)30-13-24(21(4)41-30)14-31(34)36-16-26-22-7-8-23(12-22)27(26)17-37-32(35)15-25-11-20(3)40-33(25)29-10-6-19(2)39-29/h5-14,16-17,26-27,30-31H,15,18-21H2,1-4H3;5-11,13,22-23,26-27H,12,14-17H2,1-4H3. The monoisotopic (exact) mass is 1410 g/mol. The van der Waals surface area contributed by atoms with E-state index in [4.69, 9.17) is 18.9 Å². The van der Waals surface area contributed by atoms with Crippen LogP contribution in [0.2, 0.25) is 0 Å². The summed E-state index contributed by atoms with van der Waals surface area (Å²) < 4.78 is 23.8. The second-order valence-electron chi connectivity index (χ2n) is 24.8. The average molecular weight is 1410 g/mol. The average Bonchev–Trinajstić information content (AvgIpc) is 1.68. The van der Waals surface area contributed by atoms with Gasteiger partial charge in [0, 0.05) is 121 Å². The molecule has 92 heavy (non-hydrogen) atoms. The Balaban J connectivity index is 0.000000172. The molecule has 10 heterocycles. The summed E-state index contributed by atoms with van der Waals surface area (Å²) in [6, 6.07) is 34.3. The van der Waals surface area contributed by atoms with Crippen LogP contribution in [-0.2, 0) is 63.8 Å². The molecule has 18 heteroatoms. The summed E-state index contributed by atoms with van der Waals surface area (Å²) in [7, 11) is 0. The van der Waals surface area contributed by atoms with Crippen LogP contribution in [0.4, 0.5) is 0 Å². The first-order chi connectivity index (χ1) is 44.4. The van der Waals surface area contributed by atoms with Crippen molar-refractivity contribution >= 4 is 137 Å². The topological polar surface area (TPSA) is 105 Å². The Morgan fingerprint density at radius 1 is 0.304 bits per heavy atom. The maximum absolute atomic E-state index is 13.4. The Morgan fingerprint density at radius 2 is 0.576 bits per heavy atom. The quantitative estimate of drug-likeness (QED) is 0.0375. The Morgan fingerprint density at radius 3 is 0.891 bits per heavy atom. The van der Waals surface area contributed by atoms with Crippen LogP contribution in [0.25, 0.3) is 58.5 Å². The van der Waals surface area contributed by atoms with Crippen LogP contribution in [-0.4, -0.2) is 50.3 Å². The van der Waals surface area contributed by atoms with Gasteiger partial charge < -0.3 is 18.9 Å². The first kappa shape index (κ1) is 65.0. The number of esters is 4. The molecule has 0 saturated heterocycles. The zero-order valence-electron chi connectivity index (χ0n) is 52.6. The van der Waals surface area contributed by atoms with Crippen LogP contribution in [0.1, 0.15) is 74.1 Å². The lowest BCUT2D eigenvalue weighted by atomic mass is 9.84. The van der Waals surface area contributed by atoms with Gasteiger partial charge in [0.15, 0.2) is 0 Å². The molecule has 4 aliphatic rings. The summed E-state index contributed by atoms with van der Waals surface area (Å²) in [4.78, 5) is 77.0. The highest BCUT2D eigenvalue weighted by Crippen LogP contribution is 2.51. The molecule has 4 aliphatic carbocycles. The molecule has 0 radical (unpaired) electrons. The molecule has 0 aromatic carbocycles. The van der Waals surface area contributed by atoms with Crippen molar-refractivity contribution in [2.75, 3.05) is 26.4 Å². The van der Waals surface area contributed by atoms with E-state index in [0.717, 1.165) is 49.7 Å². The van der Waals surface area contributed by atoms with Crippen molar-refractivity contribution in [3.63, 3.8) is 0 Å². The summed E-state index contributed by atoms with van der Waals surface area (Å²) >= 11 is 17.6. The van der Waals surface area contributed by atoms with Gasteiger partial charge in [0.1, 0.15) is 0 Å². The smallest absolute Gasteiger partial charge is 0.310 e. The largest absolute Gasteiger partial charge is 0.465 e. The van der Waals surface area contributed by atoms with Gasteiger partial charge in [-0.1, -0.05) is 24.3 Å². The van der Waals surface area contributed by atoms with Gasteiger partial charge in [-0.2, -0.15) is 0 Å². The number of hydrogen-bond donors (Lipinski definition) is 0. The molecule has 14 rings (SSSR count). The number of rotatable bonds is 22. The highest BCUT2D eigenvalue weighted by Gasteiger charge is 2.47. The number of carbonyl (C=O) groups is 4. The molecule has 0 spiro atoms. The zero-order valence-corrected chi connectivity index (χ0v) is 60.8. The second-order valence-corrected chi connectivity index (χ2v) is 37.1. The van der Waals surface area contributed by atoms with E-state index in [1.54, 1.807) is 113 Å². The molecule has 0 N–H and O–H groups in total. The van der Waals surface area contributed by atoms with E-state index < -0.39 is 0 Å². The molecular weight excluding hydrogens is 1340 g/mol. The number of fused-ring (bicyclic) bond motifs is 4. The van der Waals surface area contributed by atoms with Crippen LogP contribution in [0.3, 0.4) is 0 Å². The molecule has 8 atom stereocenters. The summed E-state index contributed by atoms with van der Waals surface area (Å²) in [5.74, 6) is 1.29. The van der Waals surface area contributed by atoms with E-state index in [1.807, 2.05) is 0 Å². The fraction of sp³-hybridized carbons (Fsp3) is 0.351. The Labute approximate surface area is 578 Å². The van der Waals surface area contributed by atoms with Crippen molar-refractivity contribution in [3.05, 3.63) is 183 Å². The SMILES string of the molecule is Cc1ccc(-c2cc(CC(=O)OCC3C4C=CC(C4)C3COC(=O)Cc3cc(-c4ccc(C)s4)sc3-c3ccc(C)s3)c(-c3ccc(C)s3)s2)s1.Cc1ccc(-c2cc(CC(=O)OCC3C4C=CC(C4)C3COC(=O)Cc3cc(C)sc3-c3ccc(C)s3)c(C)s2)s1. The number of carbonyl (C=O) groups excluding carboxylic acids is 4. The molecule has 10 aromatic heterocycles. The molecule has 476 valence electrons. The summed E-state index contributed by atoms with van der Waals surface area (Å²) in [5.41, 5.74) is 4.13. The maximum Gasteiger partial charge on any atom is 0.310 e. The van der Waals surface area contributed by atoms with Gasteiger partial charge in [-0.25, -0.2) is 0 Å². The Hall–Kier alpha value is -5.64. The third kappa shape index (κ3) is 14.9. The Bertz CT molecular complexity index is 4220. The lowest BCUT2D eigenvalue weighted by Crippen LogP contribution is -2.30. The minimum absolute atomic E-state index is 0.141. The zero-order chi connectivity index (χ0) is 63.9. The molecule has 8 nitrogen and oxygen atoms in total. The van der Waals surface area contributed by atoms with E-state index in [0.29, 0.717) is 50.1 Å². The van der Waals surface area contributed by atoms with Gasteiger partial charge in [-0.3, -0.25) is 19.2 Å². The van der Waals surface area contributed by atoms with E-state index in [-0.39, 0.29) is 73.2 Å². The molecule has 0 amide bonds. The lowest BCUT2D eigenvalue weighted by Gasteiger charge is -2.27. The van der Waals surface area contributed by atoms with Gasteiger partial charge in [-0.15, -0.1) is 113 Å². The molecule has 4 bridgehead atoms. The molecule has 2 saturated carbocycles. The van der Waals surface area contributed by atoms with Crippen molar-refractivity contribution in [1.29, 1.82) is 0 Å². The van der Waals surface area contributed by atoms with Gasteiger partial charge in [0.25, 0.3) is 0 Å². The van der Waals surface area contributed by atoms with Gasteiger partial charge >= 0.3 is 23.9 Å². The predicted molar refractivity (Wildman–Crippen MR) is 389 cm³/mol. The molecule has 2 fully saturated rings. The molecule has 0 aliphatic heterocycles. The maximum atomic E-state index is 13.4. The van der Waals surface area contributed by atoms with Gasteiger partial charge in [-0.05, 0) is 211 Å². The highest BCUT2D eigenvalue weighted by molar-refractivity contribution is 7.27. The third-order valence-electron chi connectivity index (χ3n) is 18.1. The van der Waals surface area contributed by atoms with E-state index >= 15 is 0 Å². The van der Waals surface area contributed by atoms with Crippen molar-refractivity contribution in [3.8, 4) is 58.5 Å². The van der Waals surface area contributed by atoms with Crippen LogP contribution < -0.4 is 0 Å². The van der Waals surface area contributed by atoms with E-state index in [9.17, 15) is 19.2 Å². The Kier molecular flexibility index (Phi) is 20.0. The van der Waals surface area contributed by atoms with Gasteiger partial charge in [0.2, 0.25) is 0 Å². The van der Waals surface area contributed by atoms with Crippen LogP contribution in [0, 0.1) is 103 Å². The number of hydrogen-bond acceptors (Lipinski definition) is 18. The number of ether oxygens (including phenoxy) is 4. The number of allylic oxidation sites excluding steroid dienone is 4. The highest BCUT2D eigenvalue weighted by atomic mass is 32.1. The fourth-order valence-corrected chi connectivity index (χ4v) is 23.8. The van der Waals surface area contributed by atoms with Crippen LogP contribution in [0.5, 0.6) is 0 Å².